The molecule has 84 valence electrons. The zero-order valence-electron chi connectivity index (χ0n) is 8.31. The van der Waals surface area contributed by atoms with Crippen LogP contribution in [0.5, 0.6) is 0 Å². The minimum Gasteiger partial charge on any atom is -0.478 e. The first-order chi connectivity index (χ1) is 7.41. The fourth-order valence-electron chi connectivity index (χ4n) is 1.16. The van der Waals surface area contributed by atoms with Gasteiger partial charge in [-0.25, -0.2) is 4.79 Å². The van der Waals surface area contributed by atoms with E-state index in [0.717, 1.165) is 6.08 Å². The number of nitro benzene ring substituents is 1. The number of halogens is 1. The number of aliphatic carboxylic acids is 1. The molecule has 0 radical (unpaired) electrons. The first-order valence-electron chi connectivity index (χ1n) is 4.27. The maximum absolute atomic E-state index is 10.6. The van der Waals surface area contributed by atoms with Gasteiger partial charge in [0.15, 0.2) is 0 Å². The lowest BCUT2D eigenvalue weighted by atomic mass is 10.1. The second-order valence-electron chi connectivity index (χ2n) is 3.09. The van der Waals surface area contributed by atoms with Gasteiger partial charge in [-0.2, -0.15) is 0 Å². The molecule has 0 aromatic heterocycles. The van der Waals surface area contributed by atoms with Crippen LogP contribution in [0.4, 0.5) is 5.69 Å². The van der Waals surface area contributed by atoms with Gasteiger partial charge in [-0.1, -0.05) is 11.6 Å². The molecule has 6 heteroatoms. The van der Waals surface area contributed by atoms with Crippen molar-refractivity contribution in [3.63, 3.8) is 0 Å². The van der Waals surface area contributed by atoms with E-state index in [1.54, 1.807) is 6.92 Å². The number of aryl methyl sites for hydroxylation is 1. The second-order valence-corrected chi connectivity index (χ2v) is 3.50. The largest absolute Gasteiger partial charge is 0.478 e. The van der Waals surface area contributed by atoms with Crippen molar-refractivity contribution in [2.75, 3.05) is 0 Å². The zero-order valence-corrected chi connectivity index (χ0v) is 9.06. The Bertz CT molecular complexity index is 482. The van der Waals surface area contributed by atoms with E-state index in [-0.39, 0.29) is 10.7 Å². The van der Waals surface area contributed by atoms with E-state index in [1.807, 2.05) is 0 Å². The van der Waals surface area contributed by atoms with Crippen LogP contribution >= 0.6 is 11.6 Å². The molecule has 0 fully saturated rings. The highest BCUT2D eigenvalue weighted by Gasteiger charge is 2.13. The quantitative estimate of drug-likeness (QED) is 0.501. The van der Waals surface area contributed by atoms with E-state index in [4.69, 9.17) is 16.7 Å². The third-order valence-electron chi connectivity index (χ3n) is 1.94. The van der Waals surface area contributed by atoms with Crippen molar-refractivity contribution >= 4 is 29.3 Å². The summed E-state index contributed by atoms with van der Waals surface area (Å²) in [6, 6.07) is 2.68. The van der Waals surface area contributed by atoms with Gasteiger partial charge < -0.3 is 5.11 Å². The standard InChI is InChI=1S/C10H8ClNO4/c1-6-4-8(11)9(12(15)16)5-7(6)2-3-10(13)14/h2-5H,1H3,(H,13,14)/b3-2+. The predicted octanol–water partition coefficient (Wildman–Crippen LogP) is 2.65. The molecular formula is C10H8ClNO4. The Morgan fingerprint density at radius 1 is 1.56 bits per heavy atom. The van der Waals surface area contributed by atoms with Crippen molar-refractivity contribution in [1.82, 2.24) is 0 Å². The van der Waals surface area contributed by atoms with Gasteiger partial charge in [0.25, 0.3) is 5.69 Å². The smallest absolute Gasteiger partial charge is 0.328 e. The van der Waals surface area contributed by atoms with E-state index in [0.29, 0.717) is 11.1 Å². The van der Waals surface area contributed by atoms with Gasteiger partial charge in [0.1, 0.15) is 5.02 Å². The van der Waals surface area contributed by atoms with Gasteiger partial charge in [0.05, 0.1) is 4.92 Å². The minimum absolute atomic E-state index is 0.0370. The van der Waals surface area contributed by atoms with E-state index in [2.05, 4.69) is 0 Å². The second kappa shape index (κ2) is 4.76. The molecule has 1 aromatic rings. The molecule has 16 heavy (non-hydrogen) atoms. The van der Waals surface area contributed by atoms with Crippen LogP contribution < -0.4 is 0 Å². The molecule has 1 N–H and O–H groups in total. The highest BCUT2D eigenvalue weighted by Crippen LogP contribution is 2.28. The summed E-state index contributed by atoms with van der Waals surface area (Å²) >= 11 is 5.68. The SMILES string of the molecule is Cc1cc(Cl)c([N+](=O)[O-])cc1/C=C/C(=O)O. The molecular weight excluding hydrogens is 234 g/mol. The van der Waals surface area contributed by atoms with Crippen LogP contribution in [-0.2, 0) is 4.79 Å². The summed E-state index contributed by atoms with van der Waals surface area (Å²) in [5.41, 5.74) is 0.893. The van der Waals surface area contributed by atoms with Crippen molar-refractivity contribution in [2.24, 2.45) is 0 Å². The molecule has 0 aliphatic carbocycles. The summed E-state index contributed by atoms with van der Waals surface area (Å²) in [4.78, 5) is 20.3. The zero-order chi connectivity index (χ0) is 12.3. The topological polar surface area (TPSA) is 80.4 Å². The minimum atomic E-state index is -1.11. The number of carboxylic acid groups (broad SMARTS) is 1. The third kappa shape index (κ3) is 2.80. The first-order valence-corrected chi connectivity index (χ1v) is 4.65. The molecule has 1 aromatic carbocycles. The lowest BCUT2D eigenvalue weighted by molar-refractivity contribution is -0.384. The molecule has 0 atom stereocenters. The maximum Gasteiger partial charge on any atom is 0.328 e. The van der Waals surface area contributed by atoms with E-state index in [1.165, 1.54) is 18.2 Å². The van der Waals surface area contributed by atoms with Gasteiger partial charge in [-0.3, -0.25) is 10.1 Å². The normalized spacial score (nSPS) is 10.6. The number of hydrogen-bond donors (Lipinski definition) is 1. The van der Waals surface area contributed by atoms with Gasteiger partial charge >= 0.3 is 5.97 Å². The van der Waals surface area contributed by atoms with E-state index < -0.39 is 10.9 Å². The fourth-order valence-corrected chi connectivity index (χ4v) is 1.45. The Balaban J connectivity index is 3.25. The molecule has 0 spiro atoms. The average molecular weight is 242 g/mol. The first kappa shape index (κ1) is 12.2. The summed E-state index contributed by atoms with van der Waals surface area (Å²) in [5, 5.41) is 19.1. The summed E-state index contributed by atoms with van der Waals surface area (Å²) in [5.74, 6) is -1.11. The summed E-state index contributed by atoms with van der Waals surface area (Å²) in [7, 11) is 0. The van der Waals surface area contributed by atoms with Gasteiger partial charge in [0.2, 0.25) is 0 Å². The number of benzene rings is 1. The van der Waals surface area contributed by atoms with Crippen LogP contribution in [0.3, 0.4) is 0 Å². The van der Waals surface area contributed by atoms with Crippen LogP contribution in [0.25, 0.3) is 6.08 Å². The van der Waals surface area contributed by atoms with Gasteiger partial charge in [-0.15, -0.1) is 0 Å². The monoisotopic (exact) mass is 241 g/mol. The molecule has 5 nitrogen and oxygen atoms in total. The highest BCUT2D eigenvalue weighted by atomic mass is 35.5. The van der Waals surface area contributed by atoms with Gasteiger partial charge in [0, 0.05) is 12.1 Å². The Hall–Kier alpha value is -1.88. The Morgan fingerprint density at radius 3 is 2.69 bits per heavy atom. The molecule has 0 amide bonds. The van der Waals surface area contributed by atoms with Crippen molar-refractivity contribution < 1.29 is 14.8 Å². The number of nitrogens with zero attached hydrogens (tertiary/aromatic N) is 1. The summed E-state index contributed by atoms with van der Waals surface area (Å²) in [6.07, 6.45) is 2.21. The van der Waals surface area contributed by atoms with Crippen LogP contribution in [0, 0.1) is 17.0 Å². The fraction of sp³-hybridized carbons (Fsp3) is 0.100. The third-order valence-corrected chi connectivity index (χ3v) is 2.24. The van der Waals surface area contributed by atoms with Crippen LogP contribution in [0.15, 0.2) is 18.2 Å². The highest BCUT2D eigenvalue weighted by molar-refractivity contribution is 6.32. The van der Waals surface area contributed by atoms with Crippen molar-refractivity contribution in [3.05, 3.63) is 44.5 Å². The van der Waals surface area contributed by atoms with E-state index in [9.17, 15) is 14.9 Å². The number of rotatable bonds is 3. The van der Waals surface area contributed by atoms with Crippen LogP contribution in [0.2, 0.25) is 5.02 Å². The van der Waals surface area contributed by atoms with Crippen molar-refractivity contribution in [1.29, 1.82) is 0 Å². The summed E-state index contributed by atoms with van der Waals surface area (Å²) in [6.45, 7) is 1.69. The van der Waals surface area contributed by atoms with Crippen molar-refractivity contribution in [2.45, 2.75) is 6.92 Å². The Morgan fingerprint density at radius 2 is 2.19 bits per heavy atom. The number of hydrogen-bond acceptors (Lipinski definition) is 3. The Labute approximate surface area is 96.1 Å². The average Bonchev–Trinajstić information content (AvgIpc) is 2.15. The molecule has 0 bridgehead atoms. The lowest BCUT2D eigenvalue weighted by Crippen LogP contribution is -1.93. The molecule has 1 rings (SSSR count). The lowest BCUT2D eigenvalue weighted by Gasteiger charge is -2.01. The maximum atomic E-state index is 10.6. The Kier molecular flexibility index (Phi) is 3.63. The van der Waals surface area contributed by atoms with Gasteiger partial charge in [-0.05, 0) is 30.2 Å². The van der Waals surface area contributed by atoms with Crippen LogP contribution in [0.1, 0.15) is 11.1 Å². The molecule has 0 heterocycles. The predicted molar refractivity (Wildman–Crippen MR) is 59.5 cm³/mol. The molecule has 0 unspecified atom stereocenters. The molecule has 0 aliphatic rings. The number of carbonyl (C=O) groups is 1. The molecule has 0 aliphatic heterocycles. The van der Waals surface area contributed by atoms with E-state index >= 15 is 0 Å². The number of carboxylic acids is 1. The summed E-state index contributed by atoms with van der Waals surface area (Å²) < 4.78 is 0. The molecule has 0 saturated carbocycles. The number of nitro groups is 1. The molecule has 0 saturated heterocycles. The van der Waals surface area contributed by atoms with Crippen LogP contribution in [-0.4, -0.2) is 16.0 Å². The van der Waals surface area contributed by atoms with Crippen molar-refractivity contribution in [3.8, 4) is 0 Å².